The lowest BCUT2D eigenvalue weighted by atomic mass is 9.90. The first kappa shape index (κ1) is 18.7. The maximum atomic E-state index is 12.3. The zero-order chi connectivity index (χ0) is 17.4. The summed E-state index contributed by atoms with van der Waals surface area (Å²) in [6, 6.07) is 18.0. The van der Waals surface area contributed by atoms with Crippen LogP contribution in [0.25, 0.3) is 0 Å². The molecule has 1 N–H and O–H groups in total. The van der Waals surface area contributed by atoms with Crippen LogP contribution in [-0.2, 0) is 21.6 Å². The van der Waals surface area contributed by atoms with Crippen LogP contribution in [0, 0.1) is 0 Å². The van der Waals surface area contributed by atoms with Crippen LogP contribution in [0.1, 0.15) is 30.9 Å². The topological polar surface area (TPSA) is 38.3 Å². The Morgan fingerprint density at radius 3 is 2.42 bits per heavy atom. The van der Waals surface area contributed by atoms with Gasteiger partial charge in [-0.2, -0.15) is 0 Å². The van der Waals surface area contributed by atoms with Crippen molar-refractivity contribution in [1.29, 1.82) is 0 Å². The number of amides is 1. The highest BCUT2D eigenvalue weighted by Gasteiger charge is 2.30. The van der Waals surface area contributed by atoms with Gasteiger partial charge >= 0.3 is 0 Å². The van der Waals surface area contributed by atoms with Crippen LogP contribution < -0.4 is 5.32 Å². The van der Waals surface area contributed by atoms with Crippen molar-refractivity contribution in [2.75, 3.05) is 13.7 Å². The molecule has 4 heteroatoms. The van der Waals surface area contributed by atoms with Gasteiger partial charge < -0.3 is 10.1 Å². The number of aryl methyl sites for hydroxylation is 1. The van der Waals surface area contributed by atoms with Crippen molar-refractivity contribution >= 4 is 21.8 Å². The van der Waals surface area contributed by atoms with Gasteiger partial charge in [0.05, 0.1) is 6.54 Å². The van der Waals surface area contributed by atoms with Crippen molar-refractivity contribution < 1.29 is 9.53 Å². The lowest BCUT2D eigenvalue weighted by molar-refractivity contribution is -0.123. The van der Waals surface area contributed by atoms with Gasteiger partial charge in [-0.05, 0) is 30.0 Å². The van der Waals surface area contributed by atoms with E-state index in [1.807, 2.05) is 54.6 Å². The van der Waals surface area contributed by atoms with E-state index in [1.165, 1.54) is 0 Å². The molecule has 2 aromatic rings. The van der Waals surface area contributed by atoms with Crippen molar-refractivity contribution in [2.45, 2.75) is 31.8 Å². The molecule has 0 saturated carbocycles. The molecule has 2 rings (SSSR count). The number of hydrogen-bond acceptors (Lipinski definition) is 2. The van der Waals surface area contributed by atoms with Crippen LogP contribution in [0.4, 0.5) is 0 Å². The Morgan fingerprint density at radius 1 is 1.12 bits per heavy atom. The van der Waals surface area contributed by atoms with Crippen molar-refractivity contribution in [3.8, 4) is 0 Å². The first-order valence-corrected chi connectivity index (χ1v) is 9.01. The third kappa shape index (κ3) is 4.68. The van der Waals surface area contributed by atoms with E-state index in [-0.39, 0.29) is 5.91 Å². The molecule has 128 valence electrons. The van der Waals surface area contributed by atoms with E-state index in [2.05, 4.69) is 28.2 Å². The maximum Gasteiger partial charge on any atom is 0.220 e. The van der Waals surface area contributed by atoms with Crippen LogP contribution in [0.2, 0.25) is 0 Å². The molecule has 1 amide bonds. The molecule has 0 heterocycles. The average Bonchev–Trinajstić information content (AvgIpc) is 2.63. The highest BCUT2D eigenvalue weighted by atomic mass is 79.9. The van der Waals surface area contributed by atoms with Crippen LogP contribution >= 0.6 is 15.9 Å². The van der Waals surface area contributed by atoms with E-state index in [4.69, 9.17) is 4.74 Å². The smallest absolute Gasteiger partial charge is 0.220 e. The highest BCUT2D eigenvalue weighted by Crippen LogP contribution is 2.28. The summed E-state index contributed by atoms with van der Waals surface area (Å²) >= 11 is 3.52. The molecule has 0 bridgehead atoms. The van der Waals surface area contributed by atoms with E-state index in [0.717, 1.165) is 22.0 Å². The Morgan fingerprint density at radius 2 is 1.79 bits per heavy atom. The Balaban J connectivity index is 1.95. The molecule has 0 aliphatic heterocycles. The van der Waals surface area contributed by atoms with Gasteiger partial charge in [-0.15, -0.1) is 0 Å². The molecule has 24 heavy (non-hydrogen) atoms. The van der Waals surface area contributed by atoms with Crippen molar-refractivity contribution in [2.24, 2.45) is 0 Å². The largest absolute Gasteiger partial charge is 0.372 e. The number of hydrogen-bond donors (Lipinski definition) is 1. The number of methoxy groups -OCH3 is 1. The van der Waals surface area contributed by atoms with E-state index < -0.39 is 5.60 Å². The SMILES string of the molecule is CC[C@](CNC(=O)CCc1ccccc1Br)(OC)c1ccccc1. The van der Waals surface area contributed by atoms with Gasteiger partial charge in [0, 0.05) is 18.0 Å². The Bertz CT molecular complexity index is 654. The maximum absolute atomic E-state index is 12.3. The third-order valence-corrected chi connectivity index (χ3v) is 5.19. The van der Waals surface area contributed by atoms with Crippen molar-refractivity contribution in [3.05, 3.63) is 70.2 Å². The quantitative estimate of drug-likeness (QED) is 0.723. The first-order valence-electron chi connectivity index (χ1n) is 8.22. The van der Waals surface area contributed by atoms with Gasteiger partial charge in [0.15, 0.2) is 0 Å². The molecule has 3 nitrogen and oxygen atoms in total. The number of nitrogens with one attached hydrogen (secondary N) is 1. The van der Waals surface area contributed by atoms with E-state index >= 15 is 0 Å². The predicted molar refractivity (Wildman–Crippen MR) is 101 cm³/mol. The third-order valence-electron chi connectivity index (χ3n) is 4.41. The normalized spacial score (nSPS) is 13.3. The van der Waals surface area contributed by atoms with Crippen molar-refractivity contribution in [1.82, 2.24) is 5.32 Å². The summed E-state index contributed by atoms with van der Waals surface area (Å²) in [7, 11) is 1.70. The monoisotopic (exact) mass is 389 g/mol. The van der Waals surface area contributed by atoms with E-state index in [0.29, 0.717) is 19.4 Å². The molecule has 0 fully saturated rings. The second kappa shape index (κ2) is 9.00. The molecular formula is C20H24BrNO2. The minimum Gasteiger partial charge on any atom is -0.372 e. The van der Waals surface area contributed by atoms with Crippen LogP contribution in [-0.4, -0.2) is 19.6 Å². The molecular weight excluding hydrogens is 366 g/mol. The fourth-order valence-corrected chi connectivity index (χ4v) is 3.27. The second-order valence-corrected chi connectivity index (χ2v) is 6.64. The van der Waals surface area contributed by atoms with Gasteiger partial charge in [0.1, 0.15) is 5.60 Å². The summed E-state index contributed by atoms with van der Waals surface area (Å²) < 4.78 is 6.83. The van der Waals surface area contributed by atoms with Crippen LogP contribution in [0.5, 0.6) is 0 Å². The summed E-state index contributed by atoms with van der Waals surface area (Å²) in [5.41, 5.74) is 1.75. The average molecular weight is 390 g/mol. The molecule has 0 unspecified atom stereocenters. The summed E-state index contributed by atoms with van der Waals surface area (Å²) in [5.74, 6) is 0.0385. The van der Waals surface area contributed by atoms with E-state index in [9.17, 15) is 4.79 Å². The predicted octanol–water partition coefficient (Wildman–Crippen LogP) is 4.45. The molecule has 0 spiro atoms. The molecule has 0 aromatic heterocycles. The molecule has 0 aliphatic rings. The summed E-state index contributed by atoms with van der Waals surface area (Å²) in [6.07, 6.45) is 1.96. The van der Waals surface area contributed by atoms with Gasteiger partial charge in [-0.1, -0.05) is 71.4 Å². The van der Waals surface area contributed by atoms with E-state index in [1.54, 1.807) is 7.11 Å². The number of carbonyl (C=O) groups is 1. The van der Waals surface area contributed by atoms with Gasteiger partial charge in [0.2, 0.25) is 5.91 Å². The summed E-state index contributed by atoms with van der Waals surface area (Å²) in [6.45, 7) is 2.54. The Labute approximate surface area is 152 Å². The number of benzene rings is 2. The Kier molecular flexibility index (Phi) is 7.00. The fourth-order valence-electron chi connectivity index (χ4n) is 2.79. The number of carbonyl (C=O) groups excluding carboxylic acids is 1. The molecule has 0 radical (unpaired) electrons. The molecule has 2 aromatic carbocycles. The number of halogens is 1. The first-order chi connectivity index (χ1) is 11.6. The van der Waals surface area contributed by atoms with Gasteiger partial charge in [-0.3, -0.25) is 4.79 Å². The standard InChI is InChI=1S/C20H24BrNO2/c1-3-20(24-2,17-10-5-4-6-11-17)15-22-19(23)14-13-16-9-7-8-12-18(16)21/h4-12H,3,13-15H2,1-2H3,(H,22,23)/t20-/m1/s1. The zero-order valence-electron chi connectivity index (χ0n) is 14.2. The summed E-state index contributed by atoms with van der Waals surface area (Å²) in [4.78, 5) is 12.3. The molecule has 0 aliphatic carbocycles. The molecule has 0 saturated heterocycles. The van der Waals surface area contributed by atoms with Gasteiger partial charge in [0.25, 0.3) is 0 Å². The van der Waals surface area contributed by atoms with Crippen LogP contribution in [0.15, 0.2) is 59.1 Å². The molecule has 1 atom stereocenters. The van der Waals surface area contributed by atoms with Crippen molar-refractivity contribution in [3.63, 3.8) is 0 Å². The highest BCUT2D eigenvalue weighted by molar-refractivity contribution is 9.10. The van der Waals surface area contributed by atoms with Crippen LogP contribution in [0.3, 0.4) is 0 Å². The minimum atomic E-state index is -0.482. The Hall–Kier alpha value is -1.65. The fraction of sp³-hybridized carbons (Fsp3) is 0.350. The summed E-state index contributed by atoms with van der Waals surface area (Å²) in [5, 5.41) is 3.03. The lowest BCUT2D eigenvalue weighted by Crippen LogP contribution is -2.42. The number of ether oxygens (including phenoxy) is 1. The number of rotatable bonds is 8. The zero-order valence-corrected chi connectivity index (χ0v) is 15.8. The minimum absolute atomic E-state index is 0.0385. The second-order valence-electron chi connectivity index (χ2n) is 5.79. The van der Waals surface area contributed by atoms with Gasteiger partial charge in [-0.25, -0.2) is 0 Å². The lowest BCUT2D eigenvalue weighted by Gasteiger charge is -2.32.